The summed E-state index contributed by atoms with van der Waals surface area (Å²) in [6.45, 7) is 3.43. The fourth-order valence-corrected chi connectivity index (χ4v) is 4.52. The van der Waals surface area contributed by atoms with Gasteiger partial charge in [0.1, 0.15) is 6.10 Å². The van der Waals surface area contributed by atoms with Crippen molar-refractivity contribution in [3.63, 3.8) is 0 Å². The van der Waals surface area contributed by atoms with Crippen molar-refractivity contribution in [2.75, 3.05) is 13.7 Å². The molecule has 0 aliphatic carbocycles. The van der Waals surface area contributed by atoms with E-state index in [4.69, 9.17) is 4.74 Å². The third-order valence-electron chi connectivity index (χ3n) is 3.85. The zero-order valence-corrected chi connectivity index (χ0v) is 14.5. The van der Waals surface area contributed by atoms with E-state index in [1.807, 2.05) is 13.2 Å². The van der Waals surface area contributed by atoms with Crippen LogP contribution in [0.25, 0.3) is 0 Å². The molecule has 4 nitrogen and oxygen atoms in total. The molecule has 0 fully saturated rings. The van der Waals surface area contributed by atoms with Crippen LogP contribution >= 0.6 is 22.7 Å². The highest BCUT2D eigenvalue weighted by atomic mass is 32.1. The maximum atomic E-state index is 12.5. The highest BCUT2D eigenvalue weighted by molar-refractivity contribution is 7.11. The number of nitrogens with zero attached hydrogens (tertiary/aromatic N) is 2. The molecule has 0 unspecified atom stereocenters. The quantitative estimate of drug-likeness (QED) is 0.840. The van der Waals surface area contributed by atoms with Crippen LogP contribution in [-0.2, 0) is 28.9 Å². The number of carbonyl (C=O) groups excluding carboxylic acids is 1. The average Bonchev–Trinajstić information content (AvgIpc) is 3.16. The Morgan fingerprint density at radius 1 is 1.55 bits per heavy atom. The Labute approximate surface area is 138 Å². The molecule has 0 aromatic carbocycles. The Bertz CT molecular complexity index is 650. The van der Waals surface area contributed by atoms with Crippen LogP contribution < -0.4 is 0 Å². The summed E-state index contributed by atoms with van der Waals surface area (Å²) in [6, 6.07) is 2.15. The standard InChI is InChI=1S/C16H20N2O2S2/c1-3-14-17-9-12(22-14)10-18(2)15(19)8-13-16-11(4-6-20-13)5-7-21-16/h5,7,9,13H,3-4,6,8,10H2,1-2H3/t13-/m1/s1. The minimum absolute atomic E-state index is 0.0774. The third-order valence-corrected chi connectivity index (χ3v) is 6.02. The minimum atomic E-state index is -0.0774. The van der Waals surface area contributed by atoms with E-state index in [1.165, 1.54) is 10.4 Å². The predicted molar refractivity (Wildman–Crippen MR) is 89.3 cm³/mol. The Kier molecular flexibility index (Phi) is 4.90. The molecule has 0 spiro atoms. The highest BCUT2D eigenvalue weighted by Crippen LogP contribution is 2.34. The zero-order valence-electron chi connectivity index (χ0n) is 12.9. The van der Waals surface area contributed by atoms with E-state index in [9.17, 15) is 4.79 Å². The number of thiophene rings is 1. The van der Waals surface area contributed by atoms with Crippen LogP contribution in [-0.4, -0.2) is 29.4 Å². The number of hydrogen-bond donors (Lipinski definition) is 0. The first kappa shape index (κ1) is 15.6. The van der Waals surface area contributed by atoms with Crippen LogP contribution in [0.5, 0.6) is 0 Å². The summed E-state index contributed by atoms with van der Waals surface area (Å²) < 4.78 is 5.81. The first-order valence-electron chi connectivity index (χ1n) is 7.52. The Morgan fingerprint density at radius 3 is 3.18 bits per heavy atom. The van der Waals surface area contributed by atoms with E-state index >= 15 is 0 Å². The maximum absolute atomic E-state index is 12.5. The summed E-state index contributed by atoms with van der Waals surface area (Å²) in [5.41, 5.74) is 1.34. The van der Waals surface area contributed by atoms with Crippen LogP contribution in [0.3, 0.4) is 0 Å². The van der Waals surface area contributed by atoms with Crippen LogP contribution in [0, 0.1) is 0 Å². The highest BCUT2D eigenvalue weighted by Gasteiger charge is 2.26. The summed E-state index contributed by atoms with van der Waals surface area (Å²) in [5, 5.41) is 3.21. The van der Waals surface area contributed by atoms with E-state index in [2.05, 4.69) is 23.4 Å². The number of ether oxygens (including phenoxy) is 1. The van der Waals surface area contributed by atoms with Gasteiger partial charge in [-0.3, -0.25) is 4.79 Å². The molecule has 2 aromatic heterocycles. The second kappa shape index (κ2) is 6.89. The van der Waals surface area contributed by atoms with Gasteiger partial charge in [0, 0.05) is 23.0 Å². The van der Waals surface area contributed by atoms with Crippen molar-refractivity contribution in [1.29, 1.82) is 0 Å². The second-order valence-electron chi connectivity index (χ2n) is 5.45. The van der Waals surface area contributed by atoms with Crippen LogP contribution in [0.15, 0.2) is 17.6 Å². The van der Waals surface area contributed by atoms with Gasteiger partial charge < -0.3 is 9.64 Å². The summed E-state index contributed by atoms with van der Waals surface area (Å²) in [6.07, 6.45) is 4.12. The lowest BCUT2D eigenvalue weighted by molar-refractivity contribution is -0.133. The predicted octanol–water partition coefficient (Wildman–Crippen LogP) is 3.43. The molecule has 6 heteroatoms. The molecule has 0 saturated carbocycles. The lowest BCUT2D eigenvalue weighted by atomic mass is 10.1. The molecule has 0 saturated heterocycles. The molecule has 22 heavy (non-hydrogen) atoms. The lowest BCUT2D eigenvalue weighted by Crippen LogP contribution is -2.29. The fraction of sp³-hybridized carbons (Fsp3) is 0.500. The SMILES string of the molecule is CCc1ncc(CN(C)C(=O)C[C@H]2OCCc3ccsc32)s1. The summed E-state index contributed by atoms with van der Waals surface area (Å²) in [4.78, 5) is 20.9. The van der Waals surface area contributed by atoms with Gasteiger partial charge in [-0.25, -0.2) is 4.98 Å². The van der Waals surface area contributed by atoms with Gasteiger partial charge in [0.25, 0.3) is 0 Å². The number of thiazole rings is 1. The number of aromatic nitrogens is 1. The van der Waals surface area contributed by atoms with Crippen molar-refractivity contribution >= 4 is 28.6 Å². The summed E-state index contributed by atoms with van der Waals surface area (Å²) in [7, 11) is 1.85. The second-order valence-corrected chi connectivity index (χ2v) is 7.59. The topological polar surface area (TPSA) is 42.4 Å². The summed E-state index contributed by atoms with van der Waals surface area (Å²) >= 11 is 3.37. The van der Waals surface area contributed by atoms with Gasteiger partial charge in [-0.1, -0.05) is 6.92 Å². The molecule has 2 aromatic rings. The number of aryl methyl sites for hydroxylation is 1. The Morgan fingerprint density at radius 2 is 2.41 bits per heavy atom. The van der Waals surface area contributed by atoms with E-state index in [-0.39, 0.29) is 12.0 Å². The minimum Gasteiger partial charge on any atom is -0.372 e. The number of rotatable bonds is 5. The average molecular weight is 336 g/mol. The van der Waals surface area contributed by atoms with Crippen LogP contribution in [0.1, 0.15) is 39.8 Å². The molecule has 1 aliphatic heterocycles. The lowest BCUT2D eigenvalue weighted by Gasteiger charge is -2.25. The molecule has 0 N–H and O–H groups in total. The van der Waals surface area contributed by atoms with Crippen molar-refractivity contribution in [3.8, 4) is 0 Å². The molecule has 1 atom stereocenters. The third kappa shape index (κ3) is 3.39. The Hall–Kier alpha value is -1.24. The largest absolute Gasteiger partial charge is 0.372 e. The number of carbonyl (C=O) groups is 1. The van der Waals surface area contributed by atoms with E-state index in [0.717, 1.165) is 22.7 Å². The molecule has 1 aliphatic rings. The number of hydrogen-bond acceptors (Lipinski definition) is 5. The van der Waals surface area contributed by atoms with Gasteiger partial charge in [-0.05, 0) is 29.9 Å². The Balaban J connectivity index is 1.60. The van der Waals surface area contributed by atoms with Gasteiger partial charge in [0.05, 0.1) is 24.6 Å². The smallest absolute Gasteiger partial charge is 0.225 e. The number of fused-ring (bicyclic) bond motifs is 1. The van der Waals surface area contributed by atoms with Crippen molar-refractivity contribution < 1.29 is 9.53 Å². The molecule has 3 rings (SSSR count). The molecule has 118 valence electrons. The van der Waals surface area contributed by atoms with Crippen molar-refractivity contribution in [1.82, 2.24) is 9.88 Å². The normalized spacial score (nSPS) is 17.3. The molecular weight excluding hydrogens is 316 g/mol. The monoisotopic (exact) mass is 336 g/mol. The van der Waals surface area contributed by atoms with Gasteiger partial charge in [0.15, 0.2) is 0 Å². The van der Waals surface area contributed by atoms with Crippen molar-refractivity contribution in [2.24, 2.45) is 0 Å². The molecule has 1 amide bonds. The van der Waals surface area contributed by atoms with Gasteiger partial charge >= 0.3 is 0 Å². The van der Waals surface area contributed by atoms with Crippen LogP contribution in [0.4, 0.5) is 0 Å². The summed E-state index contributed by atoms with van der Waals surface area (Å²) in [5.74, 6) is 0.123. The number of amides is 1. The molecule has 3 heterocycles. The van der Waals surface area contributed by atoms with Crippen molar-refractivity contribution in [2.45, 2.75) is 38.8 Å². The van der Waals surface area contributed by atoms with E-state index in [0.29, 0.717) is 19.6 Å². The molecular formula is C16H20N2O2S2. The van der Waals surface area contributed by atoms with Gasteiger partial charge in [0.2, 0.25) is 5.91 Å². The van der Waals surface area contributed by atoms with Crippen LogP contribution in [0.2, 0.25) is 0 Å². The van der Waals surface area contributed by atoms with E-state index < -0.39 is 0 Å². The first-order valence-corrected chi connectivity index (χ1v) is 9.22. The molecule has 0 radical (unpaired) electrons. The van der Waals surface area contributed by atoms with Gasteiger partial charge in [-0.15, -0.1) is 22.7 Å². The van der Waals surface area contributed by atoms with Gasteiger partial charge in [-0.2, -0.15) is 0 Å². The fourth-order valence-electron chi connectivity index (χ4n) is 2.60. The molecule has 0 bridgehead atoms. The van der Waals surface area contributed by atoms with Crippen molar-refractivity contribution in [3.05, 3.63) is 38.0 Å². The van der Waals surface area contributed by atoms with E-state index in [1.54, 1.807) is 27.6 Å². The zero-order chi connectivity index (χ0) is 15.5. The first-order chi connectivity index (χ1) is 10.7. The maximum Gasteiger partial charge on any atom is 0.225 e.